The lowest BCUT2D eigenvalue weighted by Gasteiger charge is -2.07. The number of hydrogen-bond donors (Lipinski definition) is 1. The quantitative estimate of drug-likeness (QED) is 0.825. The first kappa shape index (κ1) is 11.1. The first-order chi connectivity index (χ1) is 6.59. The van der Waals surface area contributed by atoms with Crippen LogP contribution in [0.25, 0.3) is 0 Å². The molecule has 0 saturated heterocycles. The van der Waals surface area contributed by atoms with Crippen LogP contribution in [0.4, 0.5) is 0 Å². The largest absolute Gasteiger partial charge is 0.369 e. The van der Waals surface area contributed by atoms with Crippen LogP contribution in [0, 0.1) is 6.92 Å². The predicted molar refractivity (Wildman–Crippen MR) is 61.1 cm³/mol. The van der Waals surface area contributed by atoms with Gasteiger partial charge in [0, 0.05) is 5.75 Å². The van der Waals surface area contributed by atoms with Gasteiger partial charge in [-0.3, -0.25) is 4.79 Å². The number of amides is 1. The summed E-state index contributed by atoms with van der Waals surface area (Å²) < 4.78 is 0. The van der Waals surface area contributed by atoms with Crippen LogP contribution in [0.15, 0.2) is 24.3 Å². The summed E-state index contributed by atoms with van der Waals surface area (Å²) in [5.74, 6) is 0.592. The van der Waals surface area contributed by atoms with Gasteiger partial charge in [-0.1, -0.05) is 29.8 Å². The second-order valence-corrected chi connectivity index (χ2v) is 4.67. The van der Waals surface area contributed by atoms with Gasteiger partial charge >= 0.3 is 0 Å². The maximum Gasteiger partial charge on any atom is 0.230 e. The second-order valence-electron chi connectivity index (χ2n) is 3.34. The van der Waals surface area contributed by atoms with Gasteiger partial charge in [-0.25, -0.2) is 0 Å². The Balaban J connectivity index is 2.49. The average molecular weight is 209 g/mol. The summed E-state index contributed by atoms with van der Waals surface area (Å²) in [5, 5.41) is -0.115. The molecule has 0 radical (unpaired) electrons. The maximum absolute atomic E-state index is 10.8. The van der Waals surface area contributed by atoms with E-state index in [1.165, 1.54) is 11.1 Å². The van der Waals surface area contributed by atoms with Gasteiger partial charge in [-0.2, -0.15) is 0 Å². The molecule has 0 aliphatic heterocycles. The van der Waals surface area contributed by atoms with Gasteiger partial charge in [0.2, 0.25) is 5.91 Å². The molecule has 0 aromatic heterocycles. The third-order valence-corrected chi connectivity index (χ3v) is 3.22. The second kappa shape index (κ2) is 5.05. The normalized spacial score (nSPS) is 12.4. The lowest BCUT2D eigenvalue weighted by molar-refractivity contribution is -0.117. The number of carbonyl (C=O) groups is 1. The number of nitrogens with two attached hydrogens (primary N) is 1. The molecule has 2 nitrogen and oxygen atoms in total. The fourth-order valence-corrected chi connectivity index (χ4v) is 1.89. The van der Waals surface area contributed by atoms with E-state index in [1.54, 1.807) is 11.8 Å². The van der Waals surface area contributed by atoms with Crippen LogP contribution in [0.5, 0.6) is 0 Å². The zero-order valence-corrected chi connectivity index (χ0v) is 9.30. The van der Waals surface area contributed by atoms with Crippen LogP contribution < -0.4 is 5.73 Å². The van der Waals surface area contributed by atoms with Crippen LogP contribution in [-0.4, -0.2) is 11.2 Å². The molecular weight excluding hydrogens is 194 g/mol. The van der Waals surface area contributed by atoms with Gasteiger partial charge in [0.15, 0.2) is 0 Å². The van der Waals surface area contributed by atoms with Gasteiger partial charge < -0.3 is 5.73 Å². The molecular formula is C11H15NOS. The van der Waals surface area contributed by atoms with E-state index in [0.717, 1.165) is 5.75 Å². The van der Waals surface area contributed by atoms with Crippen molar-refractivity contribution < 1.29 is 4.79 Å². The highest BCUT2D eigenvalue weighted by Gasteiger charge is 2.08. The molecule has 14 heavy (non-hydrogen) atoms. The molecule has 1 unspecified atom stereocenters. The van der Waals surface area contributed by atoms with Crippen LogP contribution in [-0.2, 0) is 10.5 Å². The molecule has 1 aromatic carbocycles. The van der Waals surface area contributed by atoms with Crippen LogP contribution in [0.1, 0.15) is 18.1 Å². The number of hydrogen-bond acceptors (Lipinski definition) is 2. The number of primary amides is 1. The van der Waals surface area contributed by atoms with E-state index in [-0.39, 0.29) is 11.2 Å². The Bertz CT molecular complexity index is 325. The van der Waals surface area contributed by atoms with Gasteiger partial charge in [-0.15, -0.1) is 11.8 Å². The molecule has 3 heteroatoms. The van der Waals surface area contributed by atoms with Crippen molar-refractivity contribution >= 4 is 17.7 Å². The molecule has 1 amide bonds. The Morgan fingerprint density at radius 1 is 1.57 bits per heavy atom. The Kier molecular flexibility index (Phi) is 4.01. The third-order valence-electron chi connectivity index (χ3n) is 1.98. The smallest absolute Gasteiger partial charge is 0.230 e. The highest BCUT2D eigenvalue weighted by atomic mass is 32.2. The van der Waals surface area contributed by atoms with Crippen molar-refractivity contribution in [1.82, 2.24) is 0 Å². The number of aryl methyl sites for hydroxylation is 1. The van der Waals surface area contributed by atoms with Crippen LogP contribution >= 0.6 is 11.8 Å². The molecule has 0 fully saturated rings. The van der Waals surface area contributed by atoms with Crippen molar-refractivity contribution in [3.63, 3.8) is 0 Å². The summed E-state index contributed by atoms with van der Waals surface area (Å²) >= 11 is 1.57. The van der Waals surface area contributed by atoms with Crippen molar-refractivity contribution in [3.05, 3.63) is 35.4 Å². The Hall–Kier alpha value is -0.960. The van der Waals surface area contributed by atoms with Crippen LogP contribution in [0.3, 0.4) is 0 Å². The van der Waals surface area contributed by atoms with Crippen LogP contribution in [0.2, 0.25) is 0 Å². The zero-order chi connectivity index (χ0) is 10.6. The fourth-order valence-electron chi connectivity index (χ4n) is 1.11. The first-order valence-electron chi connectivity index (χ1n) is 4.56. The van der Waals surface area contributed by atoms with Gasteiger partial charge in [0.05, 0.1) is 5.25 Å². The minimum absolute atomic E-state index is 0.115. The number of benzene rings is 1. The van der Waals surface area contributed by atoms with E-state index < -0.39 is 0 Å². The van der Waals surface area contributed by atoms with Gasteiger partial charge in [0.25, 0.3) is 0 Å². The van der Waals surface area contributed by atoms with E-state index >= 15 is 0 Å². The summed E-state index contributed by atoms with van der Waals surface area (Å²) in [7, 11) is 0. The molecule has 1 atom stereocenters. The molecule has 0 bridgehead atoms. The minimum atomic E-state index is -0.248. The molecule has 1 aromatic rings. The third kappa shape index (κ3) is 3.42. The van der Waals surface area contributed by atoms with Crippen molar-refractivity contribution in [2.75, 3.05) is 0 Å². The SMILES string of the molecule is Cc1cccc(CSC(C)C(N)=O)c1. The number of rotatable bonds is 4. The van der Waals surface area contributed by atoms with E-state index in [0.29, 0.717) is 0 Å². The summed E-state index contributed by atoms with van der Waals surface area (Å²) in [5.41, 5.74) is 7.65. The molecule has 0 saturated carbocycles. The minimum Gasteiger partial charge on any atom is -0.369 e. The molecule has 0 heterocycles. The highest BCUT2D eigenvalue weighted by molar-refractivity contribution is 7.99. The van der Waals surface area contributed by atoms with Crippen molar-refractivity contribution in [1.29, 1.82) is 0 Å². The summed E-state index contributed by atoms with van der Waals surface area (Å²) in [6.45, 7) is 3.90. The fraction of sp³-hybridized carbons (Fsp3) is 0.364. The Labute approximate surface area is 88.9 Å². The molecule has 0 aliphatic rings. The molecule has 76 valence electrons. The Morgan fingerprint density at radius 3 is 2.86 bits per heavy atom. The molecule has 2 N–H and O–H groups in total. The highest BCUT2D eigenvalue weighted by Crippen LogP contribution is 2.17. The van der Waals surface area contributed by atoms with Crippen molar-refractivity contribution in [2.24, 2.45) is 5.73 Å². The number of carbonyl (C=O) groups excluding carboxylic acids is 1. The summed E-state index contributed by atoms with van der Waals surface area (Å²) in [6, 6.07) is 8.28. The monoisotopic (exact) mass is 209 g/mol. The zero-order valence-electron chi connectivity index (χ0n) is 8.49. The maximum atomic E-state index is 10.8. The number of thioether (sulfide) groups is 1. The average Bonchev–Trinajstić information content (AvgIpc) is 2.14. The topological polar surface area (TPSA) is 43.1 Å². The van der Waals surface area contributed by atoms with E-state index in [1.807, 2.05) is 13.0 Å². The molecule has 0 spiro atoms. The predicted octanol–water partition coefficient (Wildman–Crippen LogP) is 2.10. The van der Waals surface area contributed by atoms with Gasteiger partial charge in [0.1, 0.15) is 0 Å². The standard InChI is InChI=1S/C11H15NOS/c1-8-4-3-5-10(6-8)7-14-9(2)11(12)13/h3-6,9H,7H2,1-2H3,(H2,12,13). The Morgan fingerprint density at radius 2 is 2.29 bits per heavy atom. The van der Waals surface area contributed by atoms with Crippen molar-refractivity contribution in [2.45, 2.75) is 24.9 Å². The molecule has 1 rings (SSSR count). The molecule has 0 aliphatic carbocycles. The van der Waals surface area contributed by atoms with E-state index in [2.05, 4.69) is 25.1 Å². The van der Waals surface area contributed by atoms with Gasteiger partial charge in [-0.05, 0) is 19.4 Å². The van der Waals surface area contributed by atoms with E-state index in [4.69, 9.17) is 5.73 Å². The first-order valence-corrected chi connectivity index (χ1v) is 5.61. The van der Waals surface area contributed by atoms with E-state index in [9.17, 15) is 4.79 Å². The lowest BCUT2D eigenvalue weighted by atomic mass is 10.2. The summed E-state index contributed by atoms with van der Waals surface area (Å²) in [6.07, 6.45) is 0. The van der Waals surface area contributed by atoms with Crippen molar-refractivity contribution in [3.8, 4) is 0 Å². The lowest BCUT2D eigenvalue weighted by Crippen LogP contribution is -2.22. The summed E-state index contributed by atoms with van der Waals surface area (Å²) in [4.78, 5) is 10.8.